The molecule has 1 amide bonds. The quantitative estimate of drug-likeness (QED) is 0.738. The molecule has 74 valence electrons. The summed E-state index contributed by atoms with van der Waals surface area (Å²) in [7, 11) is 0. The van der Waals surface area contributed by atoms with E-state index in [1.165, 1.54) is 11.1 Å². The van der Waals surface area contributed by atoms with E-state index in [-0.39, 0.29) is 12.1 Å². The van der Waals surface area contributed by atoms with Gasteiger partial charge in [0.25, 0.3) is 0 Å². The molecule has 0 aromatic heterocycles. The van der Waals surface area contributed by atoms with Crippen molar-refractivity contribution < 1.29 is 9.53 Å². The lowest BCUT2D eigenvalue weighted by Gasteiger charge is -2.11. The minimum Gasteiger partial charge on any atom is -0.447 e. The molecule has 1 atom stereocenters. The minimum absolute atomic E-state index is 0.0168. The average molecular weight is 191 g/mol. The molecule has 3 nitrogen and oxygen atoms in total. The second kappa shape index (κ2) is 3.33. The molecule has 2 rings (SSSR count). The SMILES string of the molecule is Cc1ccc([C@H]2COC(=O)N2)c(C)c1. The topological polar surface area (TPSA) is 38.3 Å². The zero-order chi connectivity index (χ0) is 10.1. The van der Waals surface area contributed by atoms with Crippen LogP contribution in [0, 0.1) is 13.8 Å². The largest absolute Gasteiger partial charge is 0.447 e. The van der Waals surface area contributed by atoms with Crippen molar-refractivity contribution in [2.45, 2.75) is 19.9 Å². The van der Waals surface area contributed by atoms with E-state index < -0.39 is 0 Å². The molecule has 1 aliphatic heterocycles. The lowest BCUT2D eigenvalue weighted by molar-refractivity contribution is 0.177. The zero-order valence-corrected chi connectivity index (χ0v) is 8.33. The number of cyclic esters (lactones) is 1. The number of hydrogen-bond donors (Lipinski definition) is 1. The number of ether oxygens (including phenoxy) is 1. The van der Waals surface area contributed by atoms with Crippen LogP contribution in [0.5, 0.6) is 0 Å². The summed E-state index contributed by atoms with van der Waals surface area (Å²) in [4.78, 5) is 10.9. The first-order valence-electron chi connectivity index (χ1n) is 4.67. The number of benzene rings is 1. The predicted molar refractivity (Wildman–Crippen MR) is 53.1 cm³/mol. The highest BCUT2D eigenvalue weighted by molar-refractivity contribution is 5.70. The summed E-state index contributed by atoms with van der Waals surface area (Å²) in [6.45, 7) is 4.54. The van der Waals surface area contributed by atoms with Crippen molar-refractivity contribution in [2.24, 2.45) is 0 Å². The van der Waals surface area contributed by atoms with Crippen LogP contribution in [0.1, 0.15) is 22.7 Å². The van der Waals surface area contributed by atoms with Crippen LogP contribution < -0.4 is 5.32 Å². The van der Waals surface area contributed by atoms with Crippen LogP contribution in [0.2, 0.25) is 0 Å². The normalized spacial score (nSPS) is 20.4. The maximum Gasteiger partial charge on any atom is 0.407 e. The molecule has 0 spiro atoms. The first-order valence-corrected chi connectivity index (χ1v) is 4.67. The Hall–Kier alpha value is -1.51. The van der Waals surface area contributed by atoms with Gasteiger partial charge in [-0.1, -0.05) is 23.8 Å². The smallest absolute Gasteiger partial charge is 0.407 e. The third kappa shape index (κ3) is 1.58. The second-order valence-electron chi connectivity index (χ2n) is 3.66. The number of amides is 1. The molecule has 3 heteroatoms. The Bertz CT molecular complexity index is 374. The molecule has 0 saturated carbocycles. The molecule has 1 aromatic carbocycles. The van der Waals surface area contributed by atoms with Gasteiger partial charge >= 0.3 is 6.09 Å². The molecule has 1 fully saturated rings. The van der Waals surface area contributed by atoms with Crippen molar-refractivity contribution >= 4 is 6.09 Å². The summed E-state index contributed by atoms with van der Waals surface area (Å²) in [5.74, 6) is 0. The van der Waals surface area contributed by atoms with Gasteiger partial charge in [0.2, 0.25) is 0 Å². The van der Waals surface area contributed by atoms with Crippen LogP contribution in [0.25, 0.3) is 0 Å². The highest BCUT2D eigenvalue weighted by Crippen LogP contribution is 2.22. The first-order chi connectivity index (χ1) is 6.66. The predicted octanol–water partition coefficient (Wildman–Crippen LogP) is 2.08. The van der Waals surface area contributed by atoms with Gasteiger partial charge in [0.15, 0.2) is 0 Å². The van der Waals surface area contributed by atoms with Crippen LogP contribution in [-0.2, 0) is 4.74 Å². The van der Waals surface area contributed by atoms with Crippen LogP contribution in [0.4, 0.5) is 4.79 Å². The summed E-state index contributed by atoms with van der Waals surface area (Å²) in [5, 5.41) is 2.77. The van der Waals surface area contributed by atoms with Gasteiger partial charge in [-0.2, -0.15) is 0 Å². The molecule has 1 aromatic rings. The number of carbonyl (C=O) groups excluding carboxylic acids is 1. The lowest BCUT2D eigenvalue weighted by Crippen LogP contribution is -2.19. The van der Waals surface area contributed by atoms with Gasteiger partial charge in [0.05, 0.1) is 6.04 Å². The number of hydrogen-bond acceptors (Lipinski definition) is 2. The molecule has 1 N–H and O–H groups in total. The summed E-state index contributed by atoms with van der Waals surface area (Å²) < 4.78 is 4.86. The number of rotatable bonds is 1. The van der Waals surface area contributed by atoms with E-state index >= 15 is 0 Å². The van der Waals surface area contributed by atoms with Crippen molar-refractivity contribution in [3.8, 4) is 0 Å². The van der Waals surface area contributed by atoms with E-state index in [4.69, 9.17) is 4.74 Å². The van der Waals surface area contributed by atoms with E-state index in [2.05, 4.69) is 18.3 Å². The van der Waals surface area contributed by atoms with E-state index in [9.17, 15) is 4.79 Å². The van der Waals surface area contributed by atoms with Crippen molar-refractivity contribution in [2.75, 3.05) is 6.61 Å². The number of nitrogens with one attached hydrogen (secondary N) is 1. The van der Waals surface area contributed by atoms with E-state index in [1.54, 1.807) is 0 Å². The Kier molecular flexibility index (Phi) is 2.15. The van der Waals surface area contributed by atoms with Crippen molar-refractivity contribution in [1.29, 1.82) is 0 Å². The van der Waals surface area contributed by atoms with Gasteiger partial charge in [0.1, 0.15) is 6.61 Å². The van der Waals surface area contributed by atoms with Crippen molar-refractivity contribution in [3.05, 3.63) is 34.9 Å². The first kappa shape index (κ1) is 9.06. The van der Waals surface area contributed by atoms with E-state index in [0.717, 1.165) is 5.56 Å². The van der Waals surface area contributed by atoms with Gasteiger partial charge < -0.3 is 10.1 Å². The molecule has 1 saturated heterocycles. The van der Waals surface area contributed by atoms with Crippen LogP contribution in [0.3, 0.4) is 0 Å². The highest BCUT2D eigenvalue weighted by atomic mass is 16.6. The van der Waals surface area contributed by atoms with E-state index in [1.807, 2.05) is 19.1 Å². The maximum atomic E-state index is 10.9. The van der Waals surface area contributed by atoms with Crippen LogP contribution in [0.15, 0.2) is 18.2 Å². The Morgan fingerprint density at radius 3 is 2.79 bits per heavy atom. The van der Waals surface area contributed by atoms with Gasteiger partial charge in [-0.05, 0) is 25.0 Å². The fourth-order valence-corrected chi connectivity index (χ4v) is 1.77. The summed E-state index contributed by atoms with van der Waals surface area (Å²) in [5.41, 5.74) is 3.57. The third-order valence-corrected chi connectivity index (χ3v) is 2.47. The molecular weight excluding hydrogens is 178 g/mol. The molecule has 1 aliphatic rings. The molecular formula is C11H13NO2. The Morgan fingerprint density at radius 2 is 2.21 bits per heavy atom. The standard InChI is InChI=1S/C11H13NO2/c1-7-3-4-9(8(2)5-7)10-6-14-11(13)12-10/h3-5,10H,6H2,1-2H3,(H,12,13)/t10-/m1/s1. The summed E-state index contributed by atoms with van der Waals surface area (Å²) in [6, 6.07) is 6.22. The average Bonchev–Trinajstić information content (AvgIpc) is 2.51. The number of aryl methyl sites for hydroxylation is 2. The molecule has 0 bridgehead atoms. The number of carbonyl (C=O) groups is 1. The molecule has 0 aliphatic carbocycles. The van der Waals surface area contributed by atoms with Crippen LogP contribution in [-0.4, -0.2) is 12.7 Å². The Balaban J connectivity index is 2.28. The second-order valence-corrected chi connectivity index (χ2v) is 3.66. The van der Waals surface area contributed by atoms with E-state index in [0.29, 0.717) is 6.61 Å². The molecule has 0 radical (unpaired) electrons. The summed E-state index contributed by atoms with van der Waals surface area (Å²) in [6.07, 6.45) is -0.324. The number of alkyl carbamates (subject to hydrolysis) is 1. The molecule has 1 heterocycles. The Morgan fingerprint density at radius 1 is 1.43 bits per heavy atom. The summed E-state index contributed by atoms with van der Waals surface area (Å²) >= 11 is 0. The zero-order valence-electron chi connectivity index (χ0n) is 8.33. The minimum atomic E-state index is -0.324. The van der Waals surface area contributed by atoms with Crippen molar-refractivity contribution in [1.82, 2.24) is 5.32 Å². The van der Waals surface area contributed by atoms with Gasteiger partial charge in [0, 0.05) is 0 Å². The fourth-order valence-electron chi connectivity index (χ4n) is 1.77. The lowest BCUT2D eigenvalue weighted by atomic mass is 10.0. The van der Waals surface area contributed by atoms with Crippen molar-refractivity contribution in [3.63, 3.8) is 0 Å². The van der Waals surface area contributed by atoms with Gasteiger partial charge in [-0.15, -0.1) is 0 Å². The molecule has 0 unspecified atom stereocenters. The Labute approximate surface area is 83.1 Å². The third-order valence-electron chi connectivity index (χ3n) is 2.47. The van der Waals surface area contributed by atoms with Gasteiger partial charge in [-0.25, -0.2) is 4.79 Å². The van der Waals surface area contributed by atoms with Gasteiger partial charge in [-0.3, -0.25) is 0 Å². The van der Waals surface area contributed by atoms with Crippen LogP contribution >= 0.6 is 0 Å². The highest BCUT2D eigenvalue weighted by Gasteiger charge is 2.24. The fraction of sp³-hybridized carbons (Fsp3) is 0.364. The maximum absolute atomic E-state index is 10.9. The molecule has 14 heavy (non-hydrogen) atoms. The monoisotopic (exact) mass is 191 g/mol.